The number of nitrogen functional groups attached to an aromatic ring is 1. The van der Waals surface area contributed by atoms with Crippen molar-refractivity contribution in [1.29, 1.82) is 0 Å². The predicted octanol–water partition coefficient (Wildman–Crippen LogP) is 1.61. The van der Waals surface area contributed by atoms with Crippen molar-refractivity contribution in [1.82, 2.24) is 19.9 Å². The molecule has 2 N–H and O–H groups in total. The summed E-state index contributed by atoms with van der Waals surface area (Å²) < 4.78 is 11.0. The largest absolute Gasteiger partial charge is 0.384 e. The lowest BCUT2D eigenvalue weighted by molar-refractivity contribution is 0.0992. The van der Waals surface area contributed by atoms with Gasteiger partial charge in [-0.1, -0.05) is 18.2 Å². The van der Waals surface area contributed by atoms with Crippen LogP contribution in [0.5, 0.6) is 0 Å². The van der Waals surface area contributed by atoms with Gasteiger partial charge in [-0.25, -0.2) is 4.98 Å². The van der Waals surface area contributed by atoms with Crippen molar-refractivity contribution in [2.24, 2.45) is 0 Å². The van der Waals surface area contributed by atoms with Gasteiger partial charge in [-0.3, -0.25) is 4.79 Å². The molecule has 0 radical (unpaired) electrons. The molecule has 3 aromatic rings. The fourth-order valence-electron chi connectivity index (χ4n) is 3.97. The van der Waals surface area contributed by atoms with E-state index in [2.05, 4.69) is 14.8 Å². The molecule has 0 spiro atoms. The molecule has 4 heterocycles. The van der Waals surface area contributed by atoms with E-state index in [0.717, 1.165) is 37.3 Å². The van der Waals surface area contributed by atoms with Gasteiger partial charge in [0.1, 0.15) is 5.82 Å². The third kappa shape index (κ3) is 5.13. The van der Waals surface area contributed by atoms with Crippen molar-refractivity contribution in [2.75, 3.05) is 68.1 Å². The maximum atomic E-state index is 12.7. The zero-order valence-corrected chi connectivity index (χ0v) is 18.9. The summed E-state index contributed by atoms with van der Waals surface area (Å²) in [6, 6.07) is 11.1. The first-order valence-corrected chi connectivity index (χ1v) is 11.4. The number of anilines is 3. The molecule has 0 unspecified atom stereocenters. The first-order chi connectivity index (χ1) is 16.7. The molecular weight excluding hydrogens is 434 g/mol. The molecule has 0 atom stereocenters. The van der Waals surface area contributed by atoms with Crippen LogP contribution in [-0.2, 0) is 15.9 Å². The molecule has 34 heavy (non-hydrogen) atoms. The van der Waals surface area contributed by atoms with E-state index in [1.54, 1.807) is 12.1 Å². The van der Waals surface area contributed by atoms with Crippen molar-refractivity contribution in [3.8, 4) is 11.4 Å². The number of morpholine rings is 2. The summed E-state index contributed by atoms with van der Waals surface area (Å²) in [6.45, 7) is 5.51. The molecule has 0 saturated carbocycles. The van der Waals surface area contributed by atoms with E-state index in [9.17, 15) is 4.79 Å². The van der Waals surface area contributed by atoms with Crippen LogP contribution in [0.3, 0.4) is 0 Å². The van der Waals surface area contributed by atoms with Gasteiger partial charge in [-0.15, -0.1) is 0 Å². The second-order valence-electron chi connectivity index (χ2n) is 8.23. The van der Waals surface area contributed by atoms with E-state index in [1.165, 1.54) is 6.20 Å². The van der Waals surface area contributed by atoms with Gasteiger partial charge in [0.15, 0.2) is 11.6 Å². The molecule has 0 aliphatic carbocycles. The van der Waals surface area contributed by atoms with Crippen molar-refractivity contribution in [2.45, 2.75) is 6.42 Å². The second kappa shape index (κ2) is 10.1. The minimum Gasteiger partial charge on any atom is -0.384 e. The summed E-state index contributed by atoms with van der Waals surface area (Å²) in [5.41, 5.74) is 7.88. The third-order valence-corrected chi connectivity index (χ3v) is 5.86. The second-order valence-corrected chi connectivity index (χ2v) is 8.23. The summed E-state index contributed by atoms with van der Waals surface area (Å²) in [6.07, 6.45) is 1.76. The lowest BCUT2D eigenvalue weighted by Gasteiger charge is -2.30. The lowest BCUT2D eigenvalue weighted by Crippen LogP contribution is -2.40. The summed E-state index contributed by atoms with van der Waals surface area (Å²) in [5, 5.41) is 0. The van der Waals surface area contributed by atoms with Gasteiger partial charge in [-0.2, -0.15) is 15.0 Å². The Hall–Kier alpha value is -3.63. The molecule has 2 aliphatic rings. The molecule has 2 fully saturated rings. The van der Waals surface area contributed by atoms with Gasteiger partial charge in [0, 0.05) is 49.9 Å². The van der Waals surface area contributed by atoms with Crippen LogP contribution in [-0.4, -0.2) is 78.3 Å². The smallest absolute Gasteiger partial charge is 0.230 e. The van der Waals surface area contributed by atoms with Crippen LogP contribution in [0.4, 0.5) is 17.7 Å². The Balaban J connectivity index is 1.44. The highest BCUT2D eigenvalue weighted by molar-refractivity contribution is 5.97. The van der Waals surface area contributed by atoms with Crippen LogP contribution < -0.4 is 15.5 Å². The Bertz CT molecular complexity index is 1110. The SMILES string of the molecule is Nc1ccc(C(=O)Cc2cccc(-c3nc(N4CCOCC4)nc(N4CCOCC4)n3)c2)cn1. The average molecular weight is 462 g/mol. The fourth-order valence-corrected chi connectivity index (χ4v) is 3.97. The Kier molecular flexibility index (Phi) is 6.59. The monoisotopic (exact) mass is 461 g/mol. The summed E-state index contributed by atoms with van der Waals surface area (Å²) in [7, 11) is 0. The van der Waals surface area contributed by atoms with Gasteiger partial charge < -0.3 is 25.0 Å². The van der Waals surface area contributed by atoms with Crippen LogP contribution in [0, 0.1) is 0 Å². The number of pyridine rings is 1. The standard InChI is InChI=1S/C24H27N7O3/c25-21-5-4-19(16-26-21)20(32)15-17-2-1-3-18(14-17)22-27-23(30-6-10-33-11-7-30)29-24(28-22)31-8-12-34-13-9-31/h1-5,14,16H,6-13,15H2,(H2,25,26). The fraction of sp³-hybridized carbons (Fsp3) is 0.375. The van der Waals surface area contributed by atoms with Crippen LogP contribution in [0.15, 0.2) is 42.6 Å². The first kappa shape index (κ1) is 22.2. The van der Waals surface area contributed by atoms with Crippen LogP contribution in [0.25, 0.3) is 11.4 Å². The number of carbonyl (C=O) groups excluding carboxylic acids is 1. The lowest BCUT2D eigenvalue weighted by atomic mass is 10.0. The van der Waals surface area contributed by atoms with E-state index < -0.39 is 0 Å². The van der Waals surface area contributed by atoms with Crippen molar-refractivity contribution in [3.05, 3.63) is 53.7 Å². The number of hydrogen-bond donors (Lipinski definition) is 1. The Labute approximate surface area is 197 Å². The number of rotatable bonds is 6. The summed E-state index contributed by atoms with van der Waals surface area (Å²) in [4.78, 5) is 35.4. The number of ether oxygens (including phenoxy) is 2. The minimum absolute atomic E-state index is 0.0247. The normalized spacial score (nSPS) is 16.5. The maximum Gasteiger partial charge on any atom is 0.230 e. The van der Waals surface area contributed by atoms with Gasteiger partial charge in [-0.05, 0) is 23.8 Å². The number of hydrogen-bond acceptors (Lipinski definition) is 10. The van der Waals surface area contributed by atoms with Gasteiger partial charge in [0.2, 0.25) is 11.9 Å². The number of carbonyl (C=O) groups is 1. The first-order valence-electron chi connectivity index (χ1n) is 11.4. The quantitative estimate of drug-likeness (QED) is 0.542. The topological polar surface area (TPSA) is 120 Å². The highest BCUT2D eigenvalue weighted by atomic mass is 16.5. The number of benzene rings is 1. The number of ketones is 1. The molecule has 0 bridgehead atoms. The molecule has 0 amide bonds. The Morgan fingerprint density at radius 1 is 0.882 bits per heavy atom. The van der Waals surface area contributed by atoms with E-state index in [4.69, 9.17) is 30.2 Å². The number of Topliss-reactive ketones (excluding diaryl/α,β-unsaturated/α-hetero) is 1. The van der Waals surface area contributed by atoms with E-state index in [-0.39, 0.29) is 12.2 Å². The third-order valence-electron chi connectivity index (χ3n) is 5.86. The number of nitrogens with two attached hydrogens (primary N) is 1. The number of nitrogens with zero attached hydrogens (tertiary/aromatic N) is 6. The van der Waals surface area contributed by atoms with Crippen LogP contribution in [0.2, 0.25) is 0 Å². The maximum absolute atomic E-state index is 12.7. The molecule has 10 nitrogen and oxygen atoms in total. The van der Waals surface area contributed by atoms with E-state index in [1.807, 2.05) is 24.3 Å². The zero-order valence-electron chi connectivity index (χ0n) is 18.9. The highest BCUT2D eigenvalue weighted by Crippen LogP contribution is 2.24. The minimum atomic E-state index is -0.0247. The Morgan fingerprint density at radius 3 is 2.12 bits per heavy atom. The molecular formula is C24H27N7O3. The summed E-state index contributed by atoms with van der Waals surface area (Å²) in [5.74, 6) is 2.23. The van der Waals surface area contributed by atoms with Crippen molar-refractivity contribution < 1.29 is 14.3 Å². The van der Waals surface area contributed by atoms with Crippen LogP contribution in [0.1, 0.15) is 15.9 Å². The molecule has 1 aromatic carbocycles. The van der Waals surface area contributed by atoms with Gasteiger partial charge >= 0.3 is 0 Å². The molecule has 176 valence electrons. The van der Waals surface area contributed by atoms with E-state index >= 15 is 0 Å². The van der Waals surface area contributed by atoms with E-state index in [0.29, 0.717) is 55.5 Å². The van der Waals surface area contributed by atoms with Crippen molar-refractivity contribution >= 4 is 23.5 Å². The van der Waals surface area contributed by atoms with Gasteiger partial charge in [0.25, 0.3) is 0 Å². The molecule has 2 aliphatic heterocycles. The predicted molar refractivity (Wildman–Crippen MR) is 128 cm³/mol. The average Bonchev–Trinajstić information content (AvgIpc) is 2.90. The number of aromatic nitrogens is 4. The Morgan fingerprint density at radius 2 is 1.53 bits per heavy atom. The summed E-state index contributed by atoms with van der Waals surface area (Å²) >= 11 is 0. The van der Waals surface area contributed by atoms with Crippen LogP contribution >= 0.6 is 0 Å². The molecule has 10 heteroatoms. The zero-order chi connectivity index (χ0) is 23.3. The van der Waals surface area contributed by atoms with Crippen molar-refractivity contribution in [3.63, 3.8) is 0 Å². The molecule has 2 saturated heterocycles. The molecule has 5 rings (SSSR count). The molecule has 2 aromatic heterocycles. The van der Waals surface area contributed by atoms with Gasteiger partial charge in [0.05, 0.1) is 26.4 Å². The highest BCUT2D eigenvalue weighted by Gasteiger charge is 2.21.